The number of benzene rings is 2. The Kier molecular flexibility index (Phi) is 3.78. The van der Waals surface area contributed by atoms with Gasteiger partial charge in [-0.05, 0) is 37.3 Å². The first-order valence-corrected chi connectivity index (χ1v) is 7.29. The van der Waals surface area contributed by atoms with E-state index in [1.54, 1.807) is 24.3 Å². The number of nitrogens with one attached hydrogen (secondary N) is 1. The van der Waals surface area contributed by atoms with E-state index in [2.05, 4.69) is 4.72 Å². The summed E-state index contributed by atoms with van der Waals surface area (Å²) in [4.78, 5) is -0.156. The molecule has 0 aliphatic carbocycles. The normalized spacial score (nSPS) is 11.3. The van der Waals surface area contributed by atoms with Crippen molar-refractivity contribution in [2.24, 2.45) is 0 Å². The predicted molar refractivity (Wildman–Crippen MR) is 73.4 cm³/mol. The van der Waals surface area contributed by atoms with Gasteiger partial charge in [-0.3, -0.25) is 4.72 Å². The summed E-state index contributed by atoms with van der Waals surface area (Å²) < 4.78 is 39.5. The molecular weight excluding hydrogens is 289 g/mol. The van der Waals surface area contributed by atoms with Crippen LogP contribution in [0.2, 0.25) is 5.02 Å². The average molecular weight is 300 g/mol. The van der Waals surface area contributed by atoms with Crippen LogP contribution in [0.3, 0.4) is 0 Å². The van der Waals surface area contributed by atoms with E-state index in [1.165, 1.54) is 0 Å². The van der Waals surface area contributed by atoms with Crippen molar-refractivity contribution >= 4 is 27.3 Å². The summed E-state index contributed by atoms with van der Waals surface area (Å²) >= 11 is 5.75. The van der Waals surface area contributed by atoms with Crippen molar-refractivity contribution in [3.8, 4) is 0 Å². The quantitative estimate of drug-likeness (QED) is 0.941. The van der Waals surface area contributed by atoms with Crippen molar-refractivity contribution in [2.45, 2.75) is 11.8 Å². The van der Waals surface area contributed by atoms with E-state index in [4.69, 9.17) is 11.6 Å². The predicted octanol–water partition coefficient (Wildman–Crippen LogP) is 3.59. The molecule has 2 aromatic rings. The Balaban J connectivity index is 2.35. The van der Waals surface area contributed by atoms with Gasteiger partial charge in [-0.25, -0.2) is 12.8 Å². The van der Waals surface area contributed by atoms with Gasteiger partial charge in [0.1, 0.15) is 10.7 Å². The van der Waals surface area contributed by atoms with Crippen LogP contribution >= 0.6 is 11.6 Å². The summed E-state index contributed by atoms with van der Waals surface area (Å²) in [6.45, 7) is 1.90. The van der Waals surface area contributed by atoms with Crippen LogP contribution in [-0.2, 0) is 10.0 Å². The second-order valence-electron chi connectivity index (χ2n) is 4.05. The zero-order chi connectivity index (χ0) is 14.0. The lowest BCUT2D eigenvalue weighted by molar-refractivity contribution is 0.600. The van der Waals surface area contributed by atoms with Crippen LogP contribution < -0.4 is 4.72 Å². The Hall–Kier alpha value is -1.59. The van der Waals surface area contributed by atoms with Crippen LogP contribution in [0.1, 0.15) is 5.56 Å². The van der Waals surface area contributed by atoms with Gasteiger partial charge in [-0.15, -0.1) is 0 Å². The second kappa shape index (κ2) is 5.19. The molecular formula is C13H11ClFNO2S. The number of sulfonamides is 1. The van der Waals surface area contributed by atoms with Crippen LogP contribution in [0.5, 0.6) is 0 Å². The Bertz CT molecular complexity index is 699. The molecule has 0 fully saturated rings. The molecule has 0 radical (unpaired) electrons. The number of aryl methyl sites for hydroxylation is 1. The molecule has 0 bridgehead atoms. The van der Waals surface area contributed by atoms with Crippen molar-refractivity contribution in [3.63, 3.8) is 0 Å². The summed E-state index contributed by atoms with van der Waals surface area (Å²) in [5, 5.41) is -0.153. The summed E-state index contributed by atoms with van der Waals surface area (Å²) in [7, 11) is -3.82. The van der Waals surface area contributed by atoms with Crippen LogP contribution in [0.25, 0.3) is 0 Å². The third-order valence-corrected chi connectivity index (χ3v) is 4.35. The zero-order valence-electron chi connectivity index (χ0n) is 10.0. The molecule has 0 amide bonds. The summed E-state index contributed by atoms with van der Waals surface area (Å²) in [5.74, 6) is -0.584. The van der Waals surface area contributed by atoms with Gasteiger partial charge < -0.3 is 0 Å². The monoisotopic (exact) mass is 299 g/mol. The molecule has 0 aromatic heterocycles. The molecule has 0 heterocycles. The smallest absolute Gasteiger partial charge is 0.263 e. The van der Waals surface area contributed by atoms with E-state index in [0.717, 1.165) is 23.8 Å². The number of hydrogen-bond acceptors (Lipinski definition) is 2. The maximum Gasteiger partial charge on any atom is 0.263 e. The first-order valence-electron chi connectivity index (χ1n) is 5.43. The van der Waals surface area contributed by atoms with Gasteiger partial charge in [-0.2, -0.15) is 0 Å². The lowest BCUT2D eigenvalue weighted by Crippen LogP contribution is -2.13. The summed E-state index contributed by atoms with van der Waals surface area (Å²) in [5.41, 5.74) is 1.44. The van der Waals surface area contributed by atoms with Crippen molar-refractivity contribution in [3.05, 3.63) is 58.9 Å². The molecule has 100 valence electrons. The fourth-order valence-corrected chi connectivity index (χ4v) is 3.12. The maximum absolute atomic E-state index is 12.9. The minimum Gasteiger partial charge on any atom is -0.280 e. The molecule has 19 heavy (non-hydrogen) atoms. The van der Waals surface area contributed by atoms with Crippen LogP contribution in [0, 0.1) is 12.7 Å². The van der Waals surface area contributed by atoms with E-state index in [1.807, 2.05) is 6.92 Å². The molecule has 1 N–H and O–H groups in total. The first-order chi connectivity index (χ1) is 8.88. The molecule has 2 rings (SSSR count). The van der Waals surface area contributed by atoms with E-state index in [9.17, 15) is 12.8 Å². The van der Waals surface area contributed by atoms with Crippen molar-refractivity contribution < 1.29 is 12.8 Å². The Labute approximate surface area is 116 Å². The molecule has 0 unspecified atom stereocenters. The Morgan fingerprint density at radius 3 is 2.32 bits per heavy atom. The largest absolute Gasteiger partial charge is 0.280 e. The molecule has 0 saturated heterocycles. The minimum absolute atomic E-state index is 0.153. The fourth-order valence-electron chi connectivity index (χ4n) is 1.52. The van der Waals surface area contributed by atoms with Gasteiger partial charge in [0, 0.05) is 5.69 Å². The first kappa shape index (κ1) is 13.8. The fraction of sp³-hybridized carbons (Fsp3) is 0.0769. The van der Waals surface area contributed by atoms with Crippen LogP contribution in [-0.4, -0.2) is 8.42 Å². The van der Waals surface area contributed by atoms with Gasteiger partial charge in [-0.1, -0.05) is 29.3 Å². The van der Waals surface area contributed by atoms with E-state index >= 15 is 0 Å². The Morgan fingerprint density at radius 2 is 1.74 bits per heavy atom. The highest BCUT2D eigenvalue weighted by molar-refractivity contribution is 7.92. The van der Waals surface area contributed by atoms with Crippen molar-refractivity contribution in [2.75, 3.05) is 4.72 Å². The molecule has 3 nitrogen and oxygen atoms in total. The molecule has 2 aromatic carbocycles. The minimum atomic E-state index is -3.82. The van der Waals surface area contributed by atoms with Gasteiger partial charge in [0.2, 0.25) is 0 Å². The SMILES string of the molecule is Cc1ccc(NS(=O)(=O)c2ccc(F)cc2Cl)cc1. The zero-order valence-corrected chi connectivity index (χ0v) is 11.6. The lowest BCUT2D eigenvalue weighted by Gasteiger charge is -2.09. The molecule has 0 atom stereocenters. The number of anilines is 1. The number of halogens is 2. The van der Waals surface area contributed by atoms with Crippen molar-refractivity contribution in [1.29, 1.82) is 0 Å². The average Bonchev–Trinajstić information content (AvgIpc) is 2.31. The third-order valence-electron chi connectivity index (χ3n) is 2.49. The summed E-state index contributed by atoms with van der Waals surface area (Å²) in [6, 6.07) is 10.00. The summed E-state index contributed by atoms with van der Waals surface area (Å²) in [6.07, 6.45) is 0. The molecule has 0 aliphatic heterocycles. The third kappa shape index (κ3) is 3.24. The van der Waals surface area contributed by atoms with Gasteiger partial charge in [0.05, 0.1) is 5.02 Å². The highest BCUT2D eigenvalue weighted by Crippen LogP contribution is 2.24. The molecule has 6 heteroatoms. The van der Waals surface area contributed by atoms with Crippen LogP contribution in [0.15, 0.2) is 47.4 Å². The standard InChI is InChI=1S/C13H11ClFNO2S/c1-9-2-5-11(6-3-9)16-19(17,18)13-7-4-10(15)8-12(13)14/h2-8,16H,1H3. The number of hydrogen-bond donors (Lipinski definition) is 1. The van der Waals surface area contributed by atoms with Gasteiger partial charge in [0.25, 0.3) is 10.0 Å². The highest BCUT2D eigenvalue weighted by Gasteiger charge is 2.18. The van der Waals surface area contributed by atoms with Gasteiger partial charge >= 0.3 is 0 Å². The van der Waals surface area contributed by atoms with E-state index < -0.39 is 15.8 Å². The van der Waals surface area contributed by atoms with Crippen LogP contribution in [0.4, 0.5) is 10.1 Å². The lowest BCUT2D eigenvalue weighted by atomic mass is 10.2. The van der Waals surface area contributed by atoms with Gasteiger partial charge in [0.15, 0.2) is 0 Å². The molecule has 0 spiro atoms. The highest BCUT2D eigenvalue weighted by atomic mass is 35.5. The van der Waals surface area contributed by atoms with E-state index in [-0.39, 0.29) is 9.92 Å². The topological polar surface area (TPSA) is 46.2 Å². The van der Waals surface area contributed by atoms with Crippen molar-refractivity contribution in [1.82, 2.24) is 0 Å². The Morgan fingerprint density at radius 1 is 1.11 bits per heavy atom. The second-order valence-corrected chi connectivity index (χ2v) is 6.10. The van der Waals surface area contributed by atoms with E-state index in [0.29, 0.717) is 5.69 Å². The number of rotatable bonds is 3. The molecule has 0 saturated carbocycles. The molecule has 0 aliphatic rings. The maximum atomic E-state index is 12.9.